The first-order valence-electron chi connectivity index (χ1n) is 8.46. The summed E-state index contributed by atoms with van der Waals surface area (Å²) in [5.41, 5.74) is 3.14. The zero-order chi connectivity index (χ0) is 19.0. The summed E-state index contributed by atoms with van der Waals surface area (Å²) in [6.07, 6.45) is 4.22. The lowest BCUT2D eigenvalue weighted by atomic mass is 10.1. The van der Waals surface area contributed by atoms with Crippen LogP contribution in [0.3, 0.4) is 0 Å². The molecule has 0 spiro atoms. The number of carboxylic acid groups (broad SMARTS) is 1. The highest BCUT2D eigenvalue weighted by molar-refractivity contribution is 5.94. The molecule has 0 bridgehead atoms. The normalized spacial score (nSPS) is 15.4. The Kier molecular flexibility index (Phi) is 4.19. The topological polar surface area (TPSA) is 84.2 Å². The first kappa shape index (κ1) is 17.0. The van der Waals surface area contributed by atoms with Crippen LogP contribution in [0.5, 0.6) is 0 Å². The van der Waals surface area contributed by atoms with Crippen molar-refractivity contribution in [2.75, 3.05) is 0 Å². The van der Waals surface area contributed by atoms with Crippen LogP contribution in [0, 0.1) is 5.82 Å². The number of hydrogen-bond donors (Lipinski definition) is 2. The summed E-state index contributed by atoms with van der Waals surface area (Å²) in [5.74, 6) is -1.61. The average molecular weight is 365 g/mol. The molecule has 2 N–H and O–H groups in total. The molecule has 1 aromatic heterocycles. The Morgan fingerprint density at radius 1 is 1.11 bits per heavy atom. The van der Waals surface area contributed by atoms with Crippen LogP contribution in [-0.2, 0) is 12.8 Å². The molecule has 6 nitrogen and oxygen atoms in total. The van der Waals surface area contributed by atoms with Gasteiger partial charge in [-0.1, -0.05) is 12.1 Å². The Hall–Kier alpha value is -3.48. The van der Waals surface area contributed by atoms with Crippen LogP contribution in [-0.4, -0.2) is 32.8 Å². The van der Waals surface area contributed by atoms with E-state index >= 15 is 0 Å². The predicted octanol–water partition coefficient (Wildman–Crippen LogP) is 2.61. The summed E-state index contributed by atoms with van der Waals surface area (Å²) in [6, 6.07) is 10.9. The van der Waals surface area contributed by atoms with Gasteiger partial charge in [0.05, 0.1) is 23.0 Å². The minimum atomic E-state index is -0.963. The van der Waals surface area contributed by atoms with Crippen molar-refractivity contribution in [3.63, 3.8) is 0 Å². The summed E-state index contributed by atoms with van der Waals surface area (Å²) in [6.45, 7) is 0. The van der Waals surface area contributed by atoms with E-state index < -0.39 is 5.97 Å². The summed E-state index contributed by atoms with van der Waals surface area (Å²) < 4.78 is 14.8. The Bertz CT molecular complexity index is 1040. The number of nitrogens with zero attached hydrogens (tertiary/aromatic N) is 2. The molecule has 0 aliphatic heterocycles. The van der Waals surface area contributed by atoms with Crippen LogP contribution in [0.15, 0.2) is 54.9 Å². The Balaban J connectivity index is 1.45. The highest BCUT2D eigenvalue weighted by Crippen LogP contribution is 2.24. The van der Waals surface area contributed by atoms with Crippen molar-refractivity contribution in [3.8, 4) is 5.69 Å². The molecular formula is C20H16FN3O3. The average Bonchev–Trinajstić information content (AvgIpc) is 3.27. The van der Waals surface area contributed by atoms with Crippen LogP contribution in [0.1, 0.15) is 31.8 Å². The van der Waals surface area contributed by atoms with Crippen LogP contribution in [0.4, 0.5) is 4.39 Å². The Morgan fingerprint density at radius 2 is 1.93 bits per heavy atom. The van der Waals surface area contributed by atoms with Crippen LogP contribution in [0.25, 0.3) is 5.69 Å². The van der Waals surface area contributed by atoms with Crippen molar-refractivity contribution in [3.05, 3.63) is 82.9 Å². The lowest BCUT2D eigenvalue weighted by molar-refractivity contribution is 0.0696. The summed E-state index contributed by atoms with van der Waals surface area (Å²) in [7, 11) is 0. The van der Waals surface area contributed by atoms with Gasteiger partial charge in [0.1, 0.15) is 5.82 Å². The van der Waals surface area contributed by atoms with E-state index in [9.17, 15) is 14.0 Å². The number of amides is 1. The van der Waals surface area contributed by atoms with Gasteiger partial charge in [-0.2, -0.15) is 5.10 Å². The monoisotopic (exact) mass is 365 g/mol. The van der Waals surface area contributed by atoms with E-state index in [1.165, 1.54) is 23.0 Å². The van der Waals surface area contributed by atoms with Gasteiger partial charge < -0.3 is 10.4 Å². The largest absolute Gasteiger partial charge is 0.478 e. The zero-order valence-corrected chi connectivity index (χ0v) is 14.2. The van der Waals surface area contributed by atoms with E-state index in [4.69, 9.17) is 5.11 Å². The maximum absolute atomic E-state index is 13.3. The third kappa shape index (κ3) is 3.44. The van der Waals surface area contributed by atoms with Gasteiger partial charge in [-0.05, 0) is 54.3 Å². The molecule has 3 aromatic rings. The Labute approximate surface area is 154 Å². The number of aromatic carboxylic acids is 1. The van der Waals surface area contributed by atoms with E-state index in [1.54, 1.807) is 36.5 Å². The lowest BCUT2D eigenvalue weighted by Crippen LogP contribution is -2.35. The van der Waals surface area contributed by atoms with Crippen molar-refractivity contribution in [2.24, 2.45) is 0 Å². The molecule has 27 heavy (non-hydrogen) atoms. The van der Waals surface area contributed by atoms with E-state index in [0.29, 0.717) is 24.1 Å². The van der Waals surface area contributed by atoms with Crippen LogP contribution < -0.4 is 5.32 Å². The third-order valence-electron chi connectivity index (χ3n) is 4.64. The fourth-order valence-electron chi connectivity index (χ4n) is 3.32. The quantitative estimate of drug-likeness (QED) is 0.744. The molecule has 0 fully saturated rings. The number of carbonyl (C=O) groups is 2. The van der Waals surface area contributed by atoms with E-state index in [1.807, 2.05) is 0 Å². The molecule has 0 saturated carbocycles. The number of aromatic nitrogens is 2. The van der Waals surface area contributed by atoms with Gasteiger partial charge in [0.15, 0.2) is 0 Å². The van der Waals surface area contributed by atoms with E-state index in [2.05, 4.69) is 10.4 Å². The van der Waals surface area contributed by atoms with Gasteiger partial charge in [0.2, 0.25) is 0 Å². The first-order valence-corrected chi connectivity index (χ1v) is 8.46. The number of rotatable bonds is 4. The van der Waals surface area contributed by atoms with Gasteiger partial charge in [-0.25, -0.2) is 13.9 Å². The van der Waals surface area contributed by atoms with Crippen molar-refractivity contribution in [1.29, 1.82) is 0 Å². The van der Waals surface area contributed by atoms with Crippen molar-refractivity contribution in [2.45, 2.75) is 18.9 Å². The molecule has 1 heterocycles. The molecule has 0 radical (unpaired) electrons. The molecule has 7 heteroatoms. The molecular weight excluding hydrogens is 349 g/mol. The fourth-order valence-corrected chi connectivity index (χ4v) is 3.32. The summed E-state index contributed by atoms with van der Waals surface area (Å²) >= 11 is 0. The molecule has 1 unspecified atom stereocenters. The second kappa shape index (κ2) is 6.68. The number of carbonyl (C=O) groups excluding carboxylic acids is 1. The molecule has 0 saturated heterocycles. The molecule has 1 atom stereocenters. The molecule has 1 aliphatic rings. The van der Waals surface area contributed by atoms with Gasteiger partial charge in [-0.15, -0.1) is 0 Å². The number of hydrogen-bond acceptors (Lipinski definition) is 3. The number of halogens is 1. The van der Waals surface area contributed by atoms with Crippen molar-refractivity contribution in [1.82, 2.24) is 15.1 Å². The second-order valence-electron chi connectivity index (χ2n) is 6.52. The zero-order valence-electron chi connectivity index (χ0n) is 14.2. The minimum absolute atomic E-state index is 0.103. The van der Waals surface area contributed by atoms with Crippen LogP contribution in [0.2, 0.25) is 0 Å². The van der Waals surface area contributed by atoms with Crippen molar-refractivity contribution < 1.29 is 19.1 Å². The molecule has 1 aliphatic carbocycles. The molecule has 2 aromatic carbocycles. The molecule has 1 amide bonds. The Morgan fingerprint density at radius 3 is 2.70 bits per heavy atom. The fraction of sp³-hybridized carbons (Fsp3) is 0.150. The highest BCUT2D eigenvalue weighted by Gasteiger charge is 2.24. The second-order valence-corrected chi connectivity index (χ2v) is 6.52. The molecule has 4 rings (SSSR count). The highest BCUT2D eigenvalue weighted by atomic mass is 19.1. The van der Waals surface area contributed by atoms with E-state index in [-0.39, 0.29) is 23.3 Å². The first-order chi connectivity index (χ1) is 13.0. The molecule has 136 valence electrons. The van der Waals surface area contributed by atoms with Crippen LogP contribution >= 0.6 is 0 Å². The van der Waals surface area contributed by atoms with Gasteiger partial charge in [0.25, 0.3) is 5.91 Å². The van der Waals surface area contributed by atoms with Gasteiger partial charge in [-0.3, -0.25) is 4.79 Å². The van der Waals surface area contributed by atoms with Gasteiger partial charge in [0, 0.05) is 12.2 Å². The maximum Gasteiger partial charge on any atom is 0.335 e. The summed E-state index contributed by atoms with van der Waals surface area (Å²) in [5, 5.41) is 16.2. The SMILES string of the molecule is O=C(O)c1ccc2c(c1)CC(NC(=O)c1cnn(-c3cccc(F)c3)c1)C2. The number of fused-ring (bicyclic) bond motifs is 1. The smallest absolute Gasteiger partial charge is 0.335 e. The number of benzene rings is 2. The van der Waals surface area contributed by atoms with Gasteiger partial charge >= 0.3 is 5.97 Å². The third-order valence-corrected chi connectivity index (χ3v) is 4.64. The maximum atomic E-state index is 13.3. The van der Waals surface area contributed by atoms with Crippen molar-refractivity contribution >= 4 is 11.9 Å². The minimum Gasteiger partial charge on any atom is -0.478 e. The lowest BCUT2D eigenvalue weighted by Gasteiger charge is -2.10. The number of nitrogens with one attached hydrogen (secondary N) is 1. The van der Waals surface area contributed by atoms with E-state index in [0.717, 1.165) is 11.1 Å². The summed E-state index contributed by atoms with van der Waals surface area (Å²) in [4.78, 5) is 23.6. The number of carboxylic acids is 1. The predicted molar refractivity (Wildman–Crippen MR) is 95.6 cm³/mol. The standard InChI is InChI=1S/C20H16FN3O3/c21-16-2-1-3-18(9-16)24-11-15(10-22-24)19(25)23-17-7-12-4-5-13(20(26)27)6-14(12)8-17/h1-6,9-11,17H,7-8H2,(H,23,25)(H,26,27).